The topological polar surface area (TPSA) is 68.0 Å². The van der Waals surface area contributed by atoms with Crippen molar-refractivity contribution in [1.29, 1.82) is 0 Å². The Morgan fingerprint density at radius 2 is 1.74 bits per heavy atom. The van der Waals surface area contributed by atoms with Gasteiger partial charge in [-0.3, -0.25) is 9.69 Å². The first-order valence-corrected chi connectivity index (χ1v) is 6.91. The van der Waals surface area contributed by atoms with Crippen molar-refractivity contribution in [3.05, 3.63) is 0 Å². The second kappa shape index (κ2) is 9.25. The molecule has 6 heteroatoms. The Balaban J connectivity index is 2.36. The zero-order chi connectivity index (χ0) is 14.1. The lowest BCUT2D eigenvalue weighted by Crippen LogP contribution is -2.47. The van der Waals surface area contributed by atoms with E-state index in [0.717, 1.165) is 25.9 Å². The van der Waals surface area contributed by atoms with Gasteiger partial charge in [0.05, 0.1) is 19.8 Å². The van der Waals surface area contributed by atoms with Crippen LogP contribution in [-0.2, 0) is 14.3 Å². The number of rotatable bonds is 8. The molecule has 1 aliphatic rings. The molecule has 2 N–H and O–H groups in total. The highest BCUT2D eigenvalue weighted by molar-refractivity contribution is 5.78. The van der Waals surface area contributed by atoms with Crippen LogP contribution in [0.15, 0.2) is 0 Å². The van der Waals surface area contributed by atoms with Gasteiger partial charge < -0.3 is 20.1 Å². The highest BCUT2D eigenvalue weighted by Crippen LogP contribution is 2.08. The van der Waals surface area contributed by atoms with E-state index in [2.05, 4.69) is 4.90 Å². The molecule has 1 aliphatic heterocycles. The fourth-order valence-electron chi connectivity index (χ4n) is 2.17. The van der Waals surface area contributed by atoms with Gasteiger partial charge in [0.1, 0.15) is 0 Å². The molecule has 0 radical (unpaired) electrons. The normalized spacial score (nSPS) is 17.6. The summed E-state index contributed by atoms with van der Waals surface area (Å²) in [7, 11) is 3.29. The minimum absolute atomic E-state index is 0.143. The van der Waals surface area contributed by atoms with Gasteiger partial charge in [0.2, 0.25) is 5.91 Å². The van der Waals surface area contributed by atoms with Crippen molar-refractivity contribution in [2.45, 2.75) is 18.9 Å². The number of hydrogen-bond acceptors (Lipinski definition) is 5. The summed E-state index contributed by atoms with van der Waals surface area (Å²) in [6, 6.07) is 0.296. The van der Waals surface area contributed by atoms with Crippen LogP contribution >= 0.6 is 0 Å². The quantitative estimate of drug-likeness (QED) is 0.647. The number of methoxy groups -OCH3 is 2. The van der Waals surface area contributed by atoms with Crippen LogP contribution in [0.4, 0.5) is 0 Å². The number of amides is 1. The summed E-state index contributed by atoms with van der Waals surface area (Å²) in [5.74, 6) is 0.143. The average Bonchev–Trinajstić information content (AvgIpc) is 2.41. The van der Waals surface area contributed by atoms with E-state index in [0.29, 0.717) is 38.9 Å². The second-order valence-corrected chi connectivity index (χ2v) is 4.98. The minimum atomic E-state index is 0.143. The summed E-state index contributed by atoms with van der Waals surface area (Å²) in [5.41, 5.74) is 5.86. The molecule has 0 aromatic carbocycles. The van der Waals surface area contributed by atoms with Crippen molar-refractivity contribution in [3.8, 4) is 0 Å². The van der Waals surface area contributed by atoms with Gasteiger partial charge in [-0.25, -0.2) is 0 Å². The summed E-state index contributed by atoms with van der Waals surface area (Å²) >= 11 is 0. The molecule has 19 heavy (non-hydrogen) atoms. The molecule has 0 aromatic rings. The second-order valence-electron chi connectivity index (χ2n) is 4.98. The monoisotopic (exact) mass is 273 g/mol. The predicted octanol–water partition coefficient (Wildman–Crippen LogP) is -0.469. The van der Waals surface area contributed by atoms with Crippen LogP contribution in [-0.4, -0.2) is 81.9 Å². The highest BCUT2D eigenvalue weighted by atomic mass is 16.5. The molecule has 0 saturated carbocycles. The van der Waals surface area contributed by atoms with Crippen LogP contribution in [0.25, 0.3) is 0 Å². The van der Waals surface area contributed by atoms with Crippen LogP contribution in [0.5, 0.6) is 0 Å². The molecule has 0 aromatic heterocycles. The number of nitrogens with two attached hydrogens (primary N) is 1. The Labute approximate surface area is 115 Å². The lowest BCUT2D eigenvalue weighted by Gasteiger charge is -2.31. The molecule has 0 atom stereocenters. The van der Waals surface area contributed by atoms with Gasteiger partial charge in [0, 0.05) is 46.4 Å². The van der Waals surface area contributed by atoms with E-state index < -0.39 is 0 Å². The highest BCUT2D eigenvalue weighted by Gasteiger charge is 2.21. The third-order valence-electron chi connectivity index (χ3n) is 3.47. The Morgan fingerprint density at radius 3 is 2.21 bits per heavy atom. The zero-order valence-corrected chi connectivity index (χ0v) is 12.1. The number of piperidine rings is 1. The van der Waals surface area contributed by atoms with E-state index in [1.54, 1.807) is 14.2 Å². The van der Waals surface area contributed by atoms with Crippen molar-refractivity contribution < 1.29 is 14.3 Å². The van der Waals surface area contributed by atoms with Crippen LogP contribution in [0.1, 0.15) is 12.8 Å². The molecule has 0 spiro atoms. The molecule has 6 nitrogen and oxygen atoms in total. The van der Waals surface area contributed by atoms with Gasteiger partial charge in [-0.05, 0) is 12.8 Å². The molecule has 1 amide bonds. The largest absolute Gasteiger partial charge is 0.383 e. The Kier molecular flexibility index (Phi) is 7.97. The van der Waals surface area contributed by atoms with Crippen LogP contribution < -0.4 is 5.73 Å². The molecule has 1 rings (SSSR count). The third-order valence-corrected chi connectivity index (χ3v) is 3.47. The van der Waals surface area contributed by atoms with E-state index in [-0.39, 0.29) is 5.91 Å². The van der Waals surface area contributed by atoms with Gasteiger partial charge in [-0.15, -0.1) is 0 Å². The summed E-state index contributed by atoms with van der Waals surface area (Å²) in [6.07, 6.45) is 1.95. The SMILES string of the molecule is COCCN(CCOC)C(=O)CN1CCC(N)CC1. The van der Waals surface area contributed by atoms with Crippen molar-refractivity contribution in [2.24, 2.45) is 5.73 Å². The summed E-state index contributed by atoms with van der Waals surface area (Å²) in [6.45, 7) is 4.64. The summed E-state index contributed by atoms with van der Waals surface area (Å²) in [4.78, 5) is 16.2. The zero-order valence-electron chi connectivity index (χ0n) is 12.1. The first kappa shape index (κ1) is 16.4. The molecular weight excluding hydrogens is 246 g/mol. The number of nitrogens with zero attached hydrogens (tertiary/aromatic N) is 2. The number of hydrogen-bond donors (Lipinski definition) is 1. The first-order valence-electron chi connectivity index (χ1n) is 6.91. The summed E-state index contributed by atoms with van der Waals surface area (Å²) < 4.78 is 10.1. The predicted molar refractivity (Wildman–Crippen MR) is 74.0 cm³/mol. The van der Waals surface area contributed by atoms with Gasteiger partial charge in [0.15, 0.2) is 0 Å². The van der Waals surface area contributed by atoms with Gasteiger partial charge in [-0.2, -0.15) is 0 Å². The van der Waals surface area contributed by atoms with E-state index in [1.807, 2.05) is 4.90 Å². The maximum atomic E-state index is 12.2. The molecule has 0 unspecified atom stereocenters. The lowest BCUT2D eigenvalue weighted by molar-refractivity contribution is -0.134. The third kappa shape index (κ3) is 6.33. The smallest absolute Gasteiger partial charge is 0.236 e. The van der Waals surface area contributed by atoms with Crippen LogP contribution in [0.2, 0.25) is 0 Å². The number of carbonyl (C=O) groups excluding carboxylic acids is 1. The van der Waals surface area contributed by atoms with Crippen molar-refractivity contribution >= 4 is 5.91 Å². The molecule has 1 fully saturated rings. The molecular formula is C13H27N3O3. The number of ether oxygens (including phenoxy) is 2. The van der Waals surface area contributed by atoms with Crippen molar-refractivity contribution in [1.82, 2.24) is 9.80 Å². The average molecular weight is 273 g/mol. The van der Waals surface area contributed by atoms with Crippen LogP contribution in [0, 0.1) is 0 Å². The maximum absolute atomic E-state index is 12.2. The number of carbonyl (C=O) groups is 1. The van der Waals surface area contributed by atoms with E-state index in [9.17, 15) is 4.79 Å². The standard InChI is InChI=1S/C13H27N3O3/c1-18-9-7-16(8-10-19-2)13(17)11-15-5-3-12(14)4-6-15/h12H,3-11,14H2,1-2H3. The van der Waals surface area contributed by atoms with E-state index >= 15 is 0 Å². The summed E-state index contributed by atoms with van der Waals surface area (Å²) in [5, 5.41) is 0. The molecule has 0 aliphatic carbocycles. The Hall–Kier alpha value is -0.690. The Morgan fingerprint density at radius 1 is 1.21 bits per heavy atom. The number of likely N-dealkylation sites (tertiary alicyclic amines) is 1. The minimum Gasteiger partial charge on any atom is -0.383 e. The Bertz CT molecular complexity index is 248. The molecule has 1 saturated heterocycles. The lowest BCUT2D eigenvalue weighted by atomic mass is 10.1. The van der Waals surface area contributed by atoms with Crippen molar-refractivity contribution in [2.75, 3.05) is 60.2 Å². The van der Waals surface area contributed by atoms with E-state index in [1.165, 1.54) is 0 Å². The molecule has 112 valence electrons. The van der Waals surface area contributed by atoms with Gasteiger partial charge in [-0.1, -0.05) is 0 Å². The first-order chi connectivity index (χ1) is 9.17. The van der Waals surface area contributed by atoms with Crippen molar-refractivity contribution in [3.63, 3.8) is 0 Å². The molecule has 1 heterocycles. The van der Waals surface area contributed by atoms with Gasteiger partial charge in [0.25, 0.3) is 0 Å². The fraction of sp³-hybridized carbons (Fsp3) is 0.923. The fourth-order valence-corrected chi connectivity index (χ4v) is 2.17. The molecule has 0 bridgehead atoms. The van der Waals surface area contributed by atoms with Crippen LogP contribution in [0.3, 0.4) is 0 Å². The maximum Gasteiger partial charge on any atom is 0.236 e. The van der Waals surface area contributed by atoms with Gasteiger partial charge >= 0.3 is 0 Å². The van der Waals surface area contributed by atoms with E-state index in [4.69, 9.17) is 15.2 Å².